The Morgan fingerprint density at radius 1 is 1.35 bits per heavy atom. The Morgan fingerprint density at radius 3 is 2.59 bits per heavy atom. The summed E-state index contributed by atoms with van der Waals surface area (Å²) in [5.74, 6) is 0. The highest BCUT2D eigenvalue weighted by Gasteiger charge is 2.33. The van der Waals surface area contributed by atoms with Crippen LogP contribution in [0, 0.1) is 17.0 Å². The first-order valence-corrected chi connectivity index (χ1v) is 6.04. The lowest BCUT2D eigenvalue weighted by atomic mass is 10.2. The third-order valence-corrected chi connectivity index (χ3v) is 3.48. The van der Waals surface area contributed by atoms with Gasteiger partial charge in [-0.2, -0.15) is 0 Å². The minimum Gasteiger partial charge on any atom is -0.359 e. The van der Waals surface area contributed by atoms with Gasteiger partial charge in [0, 0.05) is 16.7 Å². The Hall–Kier alpha value is -1.58. The number of benzene rings is 1. The van der Waals surface area contributed by atoms with Gasteiger partial charge in [0.1, 0.15) is 0 Å². The lowest BCUT2D eigenvalue weighted by Crippen LogP contribution is -2.38. The molecule has 1 aromatic carbocycles. The van der Waals surface area contributed by atoms with Crippen LogP contribution >= 0.6 is 0 Å². The van der Waals surface area contributed by atoms with E-state index in [0.29, 0.717) is 6.04 Å². The van der Waals surface area contributed by atoms with Crippen molar-refractivity contribution in [3.63, 3.8) is 0 Å². The number of anilines is 1. The van der Waals surface area contributed by atoms with Gasteiger partial charge in [-0.25, -0.2) is 0 Å². The molecule has 1 fully saturated rings. The summed E-state index contributed by atoms with van der Waals surface area (Å²) in [6.45, 7) is 4.23. The Labute approximate surface area is 101 Å². The molecule has 4 nitrogen and oxygen atoms in total. The number of nitrogens with zero attached hydrogens (tertiary/aromatic N) is 2. The molecule has 1 aliphatic heterocycles. The summed E-state index contributed by atoms with van der Waals surface area (Å²) in [7, 11) is 0. The molecule has 1 aromatic rings. The molecular weight excluding hydrogens is 216 g/mol. The van der Waals surface area contributed by atoms with Crippen molar-refractivity contribution in [3.8, 4) is 0 Å². The second kappa shape index (κ2) is 4.73. The standard InChI is InChI=1S/C13H18N2O2/c1-10-3-6-12(7-4-10)15-11(2)5-8-13(15)9-14(16)17/h3-4,6-7,11,13H,5,8-9H2,1-2H3. The molecule has 4 heteroatoms. The molecule has 0 spiro atoms. The van der Waals surface area contributed by atoms with Crippen LogP contribution in [-0.2, 0) is 0 Å². The summed E-state index contributed by atoms with van der Waals surface area (Å²) in [4.78, 5) is 12.7. The molecule has 0 aliphatic carbocycles. The van der Waals surface area contributed by atoms with Crippen molar-refractivity contribution in [2.24, 2.45) is 0 Å². The van der Waals surface area contributed by atoms with E-state index in [0.717, 1.165) is 18.5 Å². The van der Waals surface area contributed by atoms with Crippen molar-refractivity contribution < 1.29 is 4.92 Å². The van der Waals surface area contributed by atoms with E-state index in [4.69, 9.17) is 0 Å². The second-order valence-electron chi connectivity index (χ2n) is 4.84. The zero-order valence-electron chi connectivity index (χ0n) is 10.3. The first kappa shape index (κ1) is 11.9. The highest BCUT2D eigenvalue weighted by molar-refractivity contribution is 5.50. The maximum atomic E-state index is 10.7. The van der Waals surface area contributed by atoms with E-state index in [-0.39, 0.29) is 17.5 Å². The van der Waals surface area contributed by atoms with Gasteiger partial charge in [-0.3, -0.25) is 10.1 Å². The normalized spacial score (nSPS) is 24.0. The largest absolute Gasteiger partial charge is 0.359 e. The van der Waals surface area contributed by atoms with Gasteiger partial charge in [0.25, 0.3) is 0 Å². The fourth-order valence-corrected chi connectivity index (χ4v) is 2.61. The average Bonchev–Trinajstić information content (AvgIpc) is 2.61. The maximum Gasteiger partial charge on any atom is 0.223 e. The zero-order chi connectivity index (χ0) is 12.4. The smallest absolute Gasteiger partial charge is 0.223 e. The van der Waals surface area contributed by atoms with E-state index >= 15 is 0 Å². The predicted molar refractivity (Wildman–Crippen MR) is 68.0 cm³/mol. The zero-order valence-corrected chi connectivity index (χ0v) is 10.3. The highest BCUT2D eigenvalue weighted by Crippen LogP contribution is 2.30. The monoisotopic (exact) mass is 234 g/mol. The van der Waals surface area contributed by atoms with Crippen molar-refractivity contribution in [1.82, 2.24) is 0 Å². The van der Waals surface area contributed by atoms with Gasteiger partial charge in [0.2, 0.25) is 6.54 Å². The van der Waals surface area contributed by atoms with Crippen molar-refractivity contribution in [3.05, 3.63) is 39.9 Å². The van der Waals surface area contributed by atoms with Gasteiger partial charge in [-0.05, 0) is 38.8 Å². The molecule has 1 heterocycles. The van der Waals surface area contributed by atoms with E-state index in [1.807, 2.05) is 6.92 Å². The van der Waals surface area contributed by atoms with Gasteiger partial charge >= 0.3 is 0 Å². The van der Waals surface area contributed by atoms with E-state index in [9.17, 15) is 10.1 Å². The van der Waals surface area contributed by atoms with Gasteiger partial charge < -0.3 is 4.90 Å². The molecule has 1 aliphatic rings. The van der Waals surface area contributed by atoms with Crippen molar-refractivity contribution in [1.29, 1.82) is 0 Å². The molecule has 0 N–H and O–H groups in total. The quantitative estimate of drug-likeness (QED) is 0.596. The highest BCUT2D eigenvalue weighted by atomic mass is 16.6. The van der Waals surface area contributed by atoms with Crippen molar-refractivity contribution >= 4 is 5.69 Å². The van der Waals surface area contributed by atoms with Gasteiger partial charge in [-0.1, -0.05) is 17.7 Å². The first-order valence-electron chi connectivity index (χ1n) is 6.04. The number of nitro groups is 1. The molecule has 1 saturated heterocycles. The number of hydrogen-bond donors (Lipinski definition) is 0. The van der Waals surface area contributed by atoms with E-state index in [2.05, 4.69) is 36.1 Å². The molecule has 0 bridgehead atoms. The summed E-state index contributed by atoms with van der Waals surface area (Å²) >= 11 is 0. The third kappa shape index (κ3) is 2.57. The first-order chi connectivity index (χ1) is 8.08. The summed E-state index contributed by atoms with van der Waals surface area (Å²) in [6.07, 6.45) is 1.95. The van der Waals surface area contributed by atoms with Crippen LogP contribution in [0.3, 0.4) is 0 Å². The second-order valence-corrected chi connectivity index (χ2v) is 4.84. The molecule has 2 atom stereocenters. The molecule has 2 unspecified atom stereocenters. The number of rotatable bonds is 3. The summed E-state index contributed by atoms with van der Waals surface area (Å²) in [5.41, 5.74) is 2.32. The minimum absolute atomic E-state index is 0.0399. The van der Waals surface area contributed by atoms with Crippen LogP contribution in [-0.4, -0.2) is 23.6 Å². The topological polar surface area (TPSA) is 46.4 Å². The van der Waals surface area contributed by atoms with Gasteiger partial charge in [0.05, 0.1) is 6.04 Å². The van der Waals surface area contributed by atoms with E-state index < -0.39 is 0 Å². The van der Waals surface area contributed by atoms with Crippen LogP contribution in [0.4, 0.5) is 5.69 Å². The van der Waals surface area contributed by atoms with E-state index in [1.54, 1.807) is 0 Å². The van der Waals surface area contributed by atoms with Crippen LogP contribution in [0.1, 0.15) is 25.3 Å². The number of aryl methyl sites for hydroxylation is 1. The summed E-state index contributed by atoms with van der Waals surface area (Å²) < 4.78 is 0. The fraction of sp³-hybridized carbons (Fsp3) is 0.538. The summed E-state index contributed by atoms with van der Waals surface area (Å²) in [5, 5.41) is 10.7. The van der Waals surface area contributed by atoms with Crippen LogP contribution in [0.2, 0.25) is 0 Å². The Balaban J connectivity index is 2.21. The molecule has 0 amide bonds. The Kier molecular flexibility index (Phi) is 3.31. The maximum absolute atomic E-state index is 10.7. The Bertz CT molecular complexity index is 402. The molecule has 0 saturated carbocycles. The van der Waals surface area contributed by atoms with E-state index in [1.165, 1.54) is 5.56 Å². The Morgan fingerprint density at radius 2 is 2.00 bits per heavy atom. The van der Waals surface area contributed by atoms with Crippen LogP contribution < -0.4 is 4.90 Å². The van der Waals surface area contributed by atoms with Gasteiger partial charge in [-0.15, -0.1) is 0 Å². The molecule has 0 aromatic heterocycles. The predicted octanol–water partition coefficient (Wildman–Crippen LogP) is 2.63. The third-order valence-electron chi connectivity index (χ3n) is 3.48. The minimum atomic E-state index is -0.204. The SMILES string of the molecule is Cc1ccc(N2C(C)CCC2C[N+](=O)[O-])cc1. The van der Waals surface area contributed by atoms with Gasteiger partial charge in [0.15, 0.2) is 0 Å². The fourth-order valence-electron chi connectivity index (χ4n) is 2.61. The molecule has 92 valence electrons. The lowest BCUT2D eigenvalue weighted by Gasteiger charge is -2.28. The van der Waals surface area contributed by atoms with Crippen molar-refractivity contribution in [2.75, 3.05) is 11.4 Å². The van der Waals surface area contributed by atoms with Crippen LogP contribution in [0.25, 0.3) is 0 Å². The number of hydrogen-bond acceptors (Lipinski definition) is 3. The lowest BCUT2D eigenvalue weighted by molar-refractivity contribution is -0.482. The summed E-state index contributed by atoms with van der Waals surface area (Å²) in [6, 6.07) is 8.67. The molecule has 0 radical (unpaired) electrons. The molecular formula is C13H18N2O2. The molecule has 2 rings (SSSR count). The van der Waals surface area contributed by atoms with Crippen LogP contribution in [0.15, 0.2) is 24.3 Å². The van der Waals surface area contributed by atoms with Crippen LogP contribution in [0.5, 0.6) is 0 Å². The van der Waals surface area contributed by atoms with Crippen molar-refractivity contribution in [2.45, 2.75) is 38.8 Å². The molecule has 17 heavy (non-hydrogen) atoms. The average molecular weight is 234 g/mol.